The molecule has 0 radical (unpaired) electrons. The Hall–Kier alpha value is -2.39. The largest absolute Gasteiger partial charge is 0.469 e. The lowest BCUT2D eigenvalue weighted by atomic mass is 10.1. The molecule has 15 heteroatoms. The Morgan fingerprint density at radius 3 is 2.68 bits per heavy atom. The SMILES string of the molecule is CCSC(CC(=O)OC)C(=O)Nc1cc2ccc(-c3cn(CCOCCOC)nn3)cc2oc1=O.O=PI. The first kappa shape index (κ1) is 31.8. The molecule has 1 N–H and O–H groups in total. The van der Waals surface area contributed by atoms with Crippen LogP contribution in [0.25, 0.3) is 22.2 Å². The number of carbonyl (C=O) groups excluding carboxylic acids is 2. The highest BCUT2D eigenvalue weighted by Gasteiger charge is 2.23. The molecule has 206 valence electrons. The second kappa shape index (κ2) is 17.2. The molecule has 0 saturated carbocycles. The Balaban J connectivity index is 0.00000161. The quantitative estimate of drug-likeness (QED) is 0.0920. The molecule has 0 aliphatic rings. The van der Waals surface area contributed by atoms with E-state index in [9.17, 15) is 14.4 Å². The number of methoxy groups -OCH3 is 2. The summed E-state index contributed by atoms with van der Waals surface area (Å²) in [6, 6.07) is 6.83. The van der Waals surface area contributed by atoms with Crippen LogP contribution in [-0.2, 0) is 34.9 Å². The van der Waals surface area contributed by atoms with Crippen LogP contribution in [0.2, 0.25) is 0 Å². The van der Waals surface area contributed by atoms with Crippen molar-refractivity contribution >= 4 is 68.4 Å². The van der Waals surface area contributed by atoms with Crippen LogP contribution in [0.1, 0.15) is 13.3 Å². The molecule has 0 bridgehead atoms. The fourth-order valence-corrected chi connectivity index (χ4v) is 4.04. The minimum absolute atomic E-state index is 0.00114. The monoisotopic (exact) mass is 678 g/mol. The normalized spacial score (nSPS) is 11.6. The maximum absolute atomic E-state index is 12.7. The van der Waals surface area contributed by atoms with E-state index in [4.69, 9.17) is 18.5 Å². The lowest BCUT2D eigenvalue weighted by Gasteiger charge is -2.14. The van der Waals surface area contributed by atoms with E-state index in [1.807, 2.05) is 13.0 Å². The second-order valence-corrected chi connectivity index (χ2v) is 10.3. The molecule has 0 aliphatic heterocycles. The lowest BCUT2D eigenvalue weighted by Crippen LogP contribution is -2.30. The summed E-state index contributed by atoms with van der Waals surface area (Å²) >= 11 is 3.00. The van der Waals surface area contributed by atoms with E-state index in [-0.39, 0.29) is 18.2 Å². The van der Waals surface area contributed by atoms with E-state index in [0.29, 0.717) is 48.8 Å². The minimum Gasteiger partial charge on any atom is -0.469 e. The molecule has 38 heavy (non-hydrogen) atoms. The number of hydrogen-bond acceptors (Lipinski definition) is 11. The van der Waals surface area contributed by atoms with Crippen LogP contribution < -0.4 is 10.9 Å². The van der Waals surface area contributed by atoms with Crippen molar-refractivity contribution in [2.24, 2.45) is 0 Å². The van der Waals surface area contributed by atoms with Crippen molar-refractivity contribution in [1.29, 1.82) is 0 Å². The molecular weight excluding hydrogens is 650 g/mol. The predicted octanol–water partition coefficient (Wildman–Crippen LogP) is 3.97. The predicted molar refractivity (Wildman–Crippen MR) is 153 cm³/mol. The number of ether oxygens (including phenoxy) is 3. The highest BCUT2D eigenvalue weighted by atomic mass is 127. The van der Waals surface area contributed by atoms with Gasteiger partial charge in [0.25, 0.3) is 0 Å². The van der Waals surface area contributed by atoms with Crippen molar-refractivity contribution in [1.82, 2.24) is 15.0 Å². The van der Waals surface area contributed by atoms with Gasteiger partial charge in [-0.05, 0) is 17.9 Å². The zero-order valence-corrected chi connectivity index (χ0v) is 24.9. The number of fused-ring (bicyclic) bond motifs is 1. The number of aromatic nitrogens is 3. The van der Waals surface area contributed by atoms with E-state index < -0.39 is 22.8 Å². The Morgan fingerprint density at radius 2 is 2.00 bits per heavy atom. The average molecular weight is 678 g/mol. The number of thioether (sulfide) groups is 1. The van der Waals surface area contributed by atoms with E-state index in [1.54, 1.807) is 58.2 Å². The molecule has 1 unspecified atom stereocenters. The summed E-state index contributed by atoms with van der Waals surface area (Å²) in [7, 11) is 2.88. The van der Waals surface area contributed by atoms with Crippen molar-refractivity contribution in [2.45, 2.75) is 25.1 Å². The van der Waals surface area contributed by atoms with Gasteiger partial charge in [-0.25, -0.2) is 9.48 Å². The molecule has 1 aromatic carbocycles. The summed E-state index contributed by atoms with van der Waals surface area (Å²) in [5.74, 6) is -0.344. The third-order valence-electron chi connectivity index (χ3n) is 4.96. The van der Waals surface area contributed by atoms with Crippen molar-refractivity contribution in [3.63, 3.8) is 0 Å². The zero-order chi connectivity index (χ0) is 27.9. The molecule has 0 spiro atoms. The number of amides is 1. The van der Waals surface area contributed by atoms with Gasteiger partial charge in [0, 0.05) is 40.1 Å². The smallest absolute Gasteiger partial charge is 0.360 e. The number of rotatable bonds is 13. The second-order valence-electron chi connectivity index (χ2n) is 7.45. The van der Waals surface area contributed by atoms with Crippen molar-refractivity contribution in [3.8, 4) is 11.3 Å². The Labute approximate surface area is 237 Å². The molecule has 0 fully saturated rings. The molecule has 2 aromatic heterocycles. The average Bonchev–Trinajstić information content (AvgIpc) is 3.37. The third-order valence-corrected chi connectivity index (χ3v) is 6.08. The zero-order valence-electron chi connectivity index (χ0n) is 21.0. The molecule has 0 saturated heterocycles. The Kier molecular flexibility index (Phi) is 14.4. The maximum Gasteiger partial charge on any atom is 0.360 e. The molecule has 3 rings (SSSR count). The van der Waals surface area contributed by atoms with Crippen LogP contribution >= 0.6 is 39.9 Å². The molecule has 3 aromatic rings. The number of hydrogen-bond donors (Lipinski definition) is 1. The van der Waals surface area contributed by atoms with E-state index in [1.165, 1.54) is 18.9 Å². The van der Waals surface area contributed by atoms with Crippen molar-refractivity contribution in [3.05, 3.63) is 40.9 Å². The van der Waals surface area contributed by atoms with Crippen LogP contribution in [0.5, 0.6) is 0 Å². The molecule has 0 aliphatic carbocycles. The summed E-state index contributed by atoms with van der Waals surface area (Å²) in [5.41, 5.74) is 0.990. The highest BCUT2D eigenvalue weighted by molar-refractivity contribution is 14.2. The topological polar surface area (TPSA) is 152 Å². The first-order valence-electron chi connectivity index (χ1n) is 11.3. The van der Waals surface area contributed by atoms with Gasteiger partial charge in [0.15, 0.2) is 0 Å². The highest BCUT2D eigenvalue weighted by Crippen LogP contribution is 2.24. The van der Waals surface area contributed by atoms with Gasteiger partial charge in [-0.1, -0.05) is 24.3 Å². The fourth-order valence-electron chi connectivity index (χ4n) is 3.18. The van der Waals surface area contributed by atoms with Gasteiger partial charge in [0.1, 0.15) is 17.0 Å². The van der Waals surface area contributed by atoms with Crippen LogP contribution in [0.3, 0.4) is 0 Å². The van der Waals surface area contributed by atoms with Gasteiger partial charge < -0.3 is 23.9 Å². The van der Waals surface area contributed by atoms with Crippen LogP contribution in [0, 0.1) is 0 Å². The minimum atomic E-state index is -0.696. The van der Waals surface area contributed by atoms with Gasteiger partial charge in [0.2, 0.25) is 12.0 Å². The molecule has 12 nitrogen and oxygen atoms in total. The van der Waals surface area contributed by atoms with Gasteiger partial charge in [-0.2, -0.15) is 0 Å². The van der Waals surface area contributed by atoms with E-state index in [2.05, 4.69) is 20.4 Å². The van der Waals surface area contributed by atoms with Gasteiger partial charge in [-0.3, -0.25) is 14.2 Å². The van der Waals surface area contributed by atoms with Gasteiger partial charge in [-0.15, -0.1) is 16.9 Å². The first-order chi connectivity index (χ1) is 18.4. The maximum atomic E-state index is 12.7. The fraction of sp³-hybridized carbons (Fsp3) is 0.435. The summed E-state index contributed by atoms with van der Waals surface area (Å²) in [5, 5.41) is 10.8. The number of anilines is 1. The summed E-state index contributed by atoms with van der Waals surface area (Å²) in [6.45, 7) is 3.93. The summed E-state index contributed by atoms with van der Waals surface area (Å²) in [4.78, 5) is 36.8. The number of esters is 1. The van der Waals surface area contributed by atoms with Crippen LogP contribution in [-0.4, -0.2) is 71.9 Å². The molecular formula is C23H28IN4O8PS. The van der Waals surface area contributed by atoms with Gasteiger partial charge >= 0.3 is 11.6 Å². The number of nitrogens with one attached hydrogen (secondary N) is 1. The van der Waals surface area contributed by atoms with Crippen LogP contribution in [0.15, 0.2) is 39.7 Å². The first-order valence-corrected chi connectivity index (χ1v) is 16.0. The van der Waals surface area contributed by atoms with Crippen LogP contribution in [0.4, 0.5) is 5.69 Å². The summed E-state index contributed by atoms with van der Waals surface area (Å²) < 4.78 is 31.0. The molecule has 2 heterocycles. The standard InChI is InChI=1S/C23H28N4O7S.IOP/c1-4-35-20(13-21(28)32-3)22(29)24-17-11-16-6-5-15(12-19(16)34-23(17)30)18-14-27(26-25-18)7-8-33-10-9-31-2;1-3-2/h5-6,11-12,14,20H,4,7-10,13H2,1-3H3,(H,24,29);. The Bertz CT molecular complexity index is 1270. The number of nitrogens with zero attached hydrogens (tertiary/aromatic N) is 3. The number of carbonyl (C=O) groups is 2. The number of benzene rings is 1. The van der Waals surface area contributed by atoms with E-state index >= 15 is 0 Å². The molecule has 1 atom stereocenters. The Morgan fingerprint density at radius 1 is 1.24 bits per heavy atom. The van der Waals surface area contributed by atoms with Crippen molar-refractivity contribution in [2.75, 3.05) is 45.1 Å². The van der Waals surface area contributed by atoms with E-state index in [0.717, 1.165) is 5.56 Å². The third kappa shape index (κ3) is 10.1. The van der Waals surface area contributed by atoms with Crippen molar-refractivity contribution < 1.29 is 32.8 Å². The lowest BCUT2D eigenvalue weighted by molar-refractivity contribution is -0.141. The summed E-state index contributed by atoms with van der Waals surface area (Å²) in [6.07, 6.45) is 1.82. The van der Waals surface area contributed by atoms with Gasteiger partial charge in [0.05, 0.1) is 51.3 Å². The number of halogens is 1. The molecule has 1 amide bonds.